The van der Waals surface area contributed by atoms with Gasteiger partial charge in [0.05, 0.1) is 18.2 Å². The lowest BCUT2D eigenvalue weighted by atomic mass is 9.67. The summed E-state index contributed by atoms with van der Waals surface area (Å²) in [7, 11) is -2.23. The Bertz CT molecular complexity index is 5040. The van der Waals surface area contributed by atoms with Crippen LogP contribution >= 0.6 is 0 Å². The molecule has 112 heavy (non-hydrogen) atoms. The van der Waals surface area contributed by atoms with Gasteiger partial charge in [0, 0.05) is 107 Å². The highest BCUT2D eigenvalue weighted by Gasteiger charge is 2.48. The molecule has 15 rings (SSSR count). The zero-order valence-electron chi connectivity index (χ0n) is 68.5. The Morgan fingerprint density at radius 3 is 1.04 bits per heavy atom. The molecule has 11 aromatic rings. The summed E-state index contributed by atoms with van der Waals surface area (Å²) in [5.41, 5.74) is 19.7. The van der Waals surface area contributed by atoms with E-state index in [2.05, 4.69) is 345 Å². The van der Waals surface area contributed by atoms with E-state index in [-0.39, 0.29) is 33.7 Å². The van der Waals surface area contributed by atoms with Crippen molar-refractivity contribution in [2.45, 2.75) is 174 Å². The molecule has 0 bridgehead atoms. The number of nitrogens with zero attached hydrogens (tertiary/aromatic N) is 4. The highest BCUT2D eigenvalue weighted by molar-refractivity contribution is 6.28. The molecule has 0 saturated carbocycles. The average Bonchev–Trinajstić information content (AvgIpc) is 1.56. The summed E-state index contributed by atoms with van der Waals surface area (Å²) >= 11 is 0. The van der Waals surface area contributed by atoms with Crippen molar-refractivity contribution in [1.29, 1.82) is 0 Å². The highest BCUT2D eigenvalue weighted by atomic mass is 16.6. The molecule has 0 amide bonds. The summed E-state index contributed by atoms with van der Waals surface area (Å²) in [6.07, 6.45) is 33.7. The molecule has 4 heterocycles. The maximum Gasteiger partial charge on any atom is 0.210 e. The minimum Gasteiger partial charge on any atom is -0.871 e. The van der Waals surface area contributed by atoms with Gasteiger partial charge in [0.15, 0.2) is 11.4 Å². The molecule has 8 heteroatoms. The van der Waals surface area contributed by atoms with Crippen LogP contribution in [0.25, 0.3) is 43.1 Å². The lowest BCUT2D eigenvalue weighted by Gasteiger charge is -2.37. The van der Waals surface area contributed by atoms with Crippen LogP contribution in [-0.2, 0) is 31.7 Å². The zero-order chi connectivity index (χ0) is 78.6. The van der Waals surface area contributed by atoms with E-state index in [4.69, 9.17) is 4.65 Å². The van der Waals surface area contributed by atoms with Crippen molar-refractivity contribution in [3.8, 4) is 0 Å². The molecule has 0 spiro atoms. The number of hydrogen-bond donors (Lipinski definition) is 0. The fourth-order valence-electron chi connectivity index (χ4n) is 18.7. The molecule has 572 valence electrons. The SMILES string of the molecule is CCCCN1C(=CC=CC=CC2=[N+](CCCC)c3ccc4ccccc4c3C2(C)C)C(C)(C)c2c1ccc1ccccc21.CCCCN1C(=CC=CC=CC2=[N+](CCCC)c3ccc4ccccc4c3C2(C)C)C(C)(C)c2c1ccc1ccccc21.[O-]B([O-])OCCCC(c1ccccc1)(c1ccccc1)c1ccccc1. The normalized spacial score (nSPS) is 16.6. The molecule has 4 aliphatic heterocycles. The van der Waals surface area contributed by atoms with Gasteiger partial charge >= 0.3 is 0 Å². The minimum atomic E-state index is -2.23. The second kappa shape index (κ2) is 35.2. The van der Waals surface area contributed by atoms with Crippen LogP contribution in [0.5, 0.6) is 0 Å². The smallest absolute Gasteiger partial charge is 0.210 e. The molecule has 4 aliphatic rings. The molecular formula is C104H115BN4O3. The second-order valence-electron chi connectivity index (χ2n) is 32.9. The number of hydrogen-bond acceptors (Lipinski definition) is 5. The maximum absolute atomic E-state index is 10.7. The average molecular weight is 1480 g/mol. The van der Waals surface area contributed by atoms with Crippen molar-refractivity contribution in [2.75, 3.05) is 42.6 Å². The Kier molecular flexibility index (Phi) is 25.1. The standard InChI is InChI=1S/2C41H47N2.C22H21BO3/c2*1-7-9-28-42-34-26-24-30-18-14-16-20-32(30)38(34)40(3,4)36(42)22-12-11-13-23-37-41(5,6)39-33-21-17-15-19-31(33)25-27-35(39)43(37)29-10-8-2;24-23(25)26-18-10-17-22(19-11-4-1-5-12-19,20-13-6-2-7-14-20)21-15-8-3-9-16-21/h2*11-27H,7-10,28-29H2,1-6H3;1-9,11-16H,10,17-18H2/q2*+1;-2. The number of benzene rings is 11. The van der Waals surface area contributed by atoms with Crippen LogP contribution in [0.15, 0.2) is 309 Å². The molecule has 0 saturated heterocycles. The summed E-state index contributed by atoms with van der Waals surface area (Å²) in [4.78, 5) is 5.14. The number of unbranched alkanes of at least 4 members (excludes halogenated alkanes) is 4. The Morgan fingerprint density at radius 1 is 0.357 bits per heavy atom. The molecule has 11 aromatic carbocycles. The molecule has 0 aromatic heterocycles. The van der Waals surface area contributed by atoms with Crippen molar-refractivity contribution in [1.82, 2.24) is 0 Å². The molecule has 0 N–H and O–H groups in total. The van der Waals surface area contributed by atoms with Crippen molar-refractivity contribution < 1.29 is 23.9 Å². The van der Waals surface area contributed by atoms with Crippen molar-refractivity contribution >= 4 is 84.6 Å². The van der Waals surface area contributed by atoms with Crippen molar-refractivity contribution in [2.24, 2.45) is 0 Å². The van der Waals surface area contributed by atoms with Gasteiger partial charge in [-0.1, -0.05) is 318 Å². The van der Waals surface area contributed by atoms with E-state index in [1.807, 2.05) is 54.6 Å². The van der Waals surface area contributed by atoms with Crippen LogP contribution in [0, 0.1) is 0 Å². The quantitative estimate of drug-likeness (QED) is 0.0178. The van der Waals surface area contributed by atoms with Gasteiger partial charge in [-0.25, -0.2) is 0 Å². The molecule has 0 radical (unpaired) electrons. The van der Waals surface area contributed by atoms with Crippen LogP contribution in [-0.4, -0.2) is 60.7 Å². The Balaban J connectivity index is 0.000000152. The number of anilines is 2. The van der Waals surface area contributed by atoms with Crippen LogP contribution < -0.4 is 19.8 Å². The number of rotatable bonds is 26. The molecule has 0 fully saturated rings. The van der Waals surface area contributed by atoms with Gasteiger partial charge in [-0.05, 0) is 161 Å². The monoisotopic (exact) mass is 1480 g/mol. The first kappa shape index (κ1) is 79.9. The van der Waals surface area contributed by atoms with E-state index < -0.39 is 7.32 Å². The van der Waals surface area contributed by atoms with Crippen LogP contribution in [0.2, 0.25) is 0 Å². The summed E-state index contributed by atoms with van der Waals surface area (Å²) in [5.74, 6) is 0. The van der Waals surface area contributed by atoms with Gasteiger partial charge in [-0.3, -0.25) is 0 Å². The van der Waals surface area contributed by atoms with E-state index in [0.717, 1.165) is 32.6 Å². The first-order valence-corrected chi connectivity index (χ1v) is 41.5. The van der Waals surface area contributed by atoms with Crippen LogP contribution in [0.4, 0.5) is 22.7 Å². The van der Waals surface area contributed by atoms with Crippen molar-refractivity contribution in [3.63, 3.8) is 0 Å². The maximum atomic E-state index is 10.7. The highest BCUT2D eigenvalue weighted by Crippen LogP contribution is 2.54. The third-order valence-corrected chi connectivity index (χ3v) is 24.2. The molecule has 0 unspecified atom stereocenters. The van der Waals surface area contributed by atoms with Gasteiger partial charge in [0.1, 0.15) is 13.1 Å². The first-order chi connectivity index (χ1) is 54.3. The van der Waals surface area contributed by atoms with Gasteiger partial charge in [0.25, 0.3) is 0 Å². The third kappa shape index (κ3) is 15.9. The minimum absolute atomic E-state index is 0.0696. The predicted octanol–water partition coefficient (Wildman–Crippen LogP) is 24.1. The zero-order valence-corrected chi connectivity index (χ0v) is 68.5. The molecule has 0 aliphatic carbocycles. The number of allylic oxidation sites excluding steroid dienone is 12. The van der Waals surface area contributed by atoms with Gasteiger partial charge in [-0.2, -0.15) is 9.15 Å². The Morgan fingerprint density at radius 2 is 0.688 bits per heavy atom. The fraction of sp³-hybridized carbons (Fsp3) is 0.308. The number of fused-ring (bicyclic) bond motifs is 12. The van der Waals surface area contributed by atoms with Crippen molar-refractivity contribution in [3.05, 3.63) is 348 Å². The Hall–Kier alpha value is -10.2. The topological polar surface area (TPSA) is 67.9 Å². The van der Waals surface area contributed by atoms with E-state index >= 15 is 0 Å². The van der Waals surface area contributed by atoms with Crippen LogP contribution in [0.1, 0.15) is 186 Å². The van der Waals surface area contributed by atoms with Gasteiger partial charge in [0.2, 0.25) is 11.4 Å². The lowest BCUT2D eigenvalue weighted by Crippen LogP contribution is -2.48. The summed E-state index contributed by atoms with van der Waals surface area (Å²) in [6.45, 7) is 32.6. The largest absolute Gasteiger partial charge is 0.871 e. The predicted molar refractivity (Wildman–Crippen MR) is 475 cm³/mol. The van der Waals surface area contributed by atoms with Gasteiger partial charge < -0.3 is 24.5 Å². The van der Waals surface area contributed by atoms with Crippen LogP contribution in [0.3, 0.4) is 0 Å². The lowest BCUT2D eigenvalue weighted by molar-refractivity contribution is -0.438. The molecule has 0 atom stereocenters. The van der Waals surface area contributed by atoms with E-state index in [0.29, 0.717) is 6.42 Å². The molecule has 7 nitrogen and oxygen atoms in total. The second-order valence-corrected chi connectivity index (χ2v) is 32.9. The first-order valence-electron chi connectivity index (χ1n) is 41.5. The summed E-state index contributed by atoms with van der Waals surface area (Å²) in [6, 6.07) is 84.9. The van der Waals surface area contributed by atoms with E-state index in [1.54, 1.807) is 0 Å². The Labute approximate surface area is 668 Å². The summed E-state index contributed by atoms with van der Waals surface area (Å²) < 4.78 is 9.88. The van der Waals surface area contributed by atoms with E-state index in [9.17, 15) is 10.0 Å². The van der Waals surface area contributed by atoms with Gasteiger partial charge in [-0.15, -0.1) is 0 Å². The summed E-state index contributed by atoms with van der Waals surface area (Å²) in [5, 5.41) is 32.1. The molecular weight excluding hydrogens is 1360 g/mol. The third-order valence-electron chi connectivity index (χ3n) is 24.2. The fourth-order valence-corrected chi connectivity index (χ4v) is 18.7. The van der Waals surface area contributed by atoms with E-state index in [1.165, 1.54) is 179 Å².